The molecule has 0 bridgehead atoms. The predicted octanol–water partition coefficient (Wildman–Crippen LogP) is 4.36. The van der Waals surface area contributed by atoms with Crippen LogP contribution >= 0.6 is 15.9 Å². The number of pyridine rings is 1. The van der Waals surface area contributed by atoms with Gasteiger partial charge in [0.15, 0.2) is 17.1 Å². The van der Waals surface area contributed by atoms with Crippen molar-refractivity contribution in [3.05, 3.63) is 46.3 Å². The minimum absolute atomic E-state index is 0.0144. The molecule has 1 atom stereocenters. The van der Waals surface area contributed by atoms with E-state index < -0.39 is 10.0 Å². The fourth-order valence-corrected chi connectivity index (χ4v) is 6.67. The van der Waals surface area contributed by atoms with Crippen LogP contribution in [0, 0.1) is 13.8 Å². The largest absolute Gasteiger partial charge is 0.454 e. The van der Waals surface area contributed by atoms with E-state index in [0.29, 0.717) is 30.1 Å². The number of hydrogen-bond acceptors (Lipinski definition) is 7. The third kappa shape index (κ3) is 4.16. The molecule has 6 rings (SSSR count). The van der Waals surface area contributed by atoms with Gasteiger partial charge in [0.1, 0.15) is 11.3 Å². The number of anilines is 1. The molecule has 1 aromatic carbocycles. The van der Waals surface area contributed by atoms with Gasteiger partial charge in [-0.2, -0.15) is 4.31 Å². The number of nitrogens with zero attached hydrogens (tertiary/aromatic N) is 4. The molecular formula is C25H27BrN6O4S. The molecule has 12 heteroatoms. The van der Waals surface area contributed by atoms with Crippen LogP contribution in [0.25, 0.3) is 28.2 Å². The van der Waals surface area contributed by atoms with Crippen molar-refractivity contribution in [2.75, 3.05) is 31.0 Å². The quantitative estimate of drug-likeness (QED) is 0.345. The van der Waals surface area contributed by atoms with Crippen molar-refractivity contribution < 1.29 is 17.9 Å². The molecule has 0 saturated carbocycles. The van der Waals surface area contributed by atoms with Crippen LogP contribution in [0.5, 0.6) is 11.5 Å². The molecule has 5 heterocycles. The second kappa shape index (κ2) is 9.03. The summed E-state index contributed by atoms with van der Waals surface area (Å²) in [5, 5.41) is 3.52. The number of nitrogens with one attached hydrogen (secondary N) is 2. The van der Waals surface area contributed by atoms with Gasteiger partial charge in [-0.1, -0.05) is 0 Å². The van der Waals surface area contributed by atoms with Crippen molar-refractivity contribution in [1.82, 2.24) is 23.8 Å². The van der Waals surface area contributed by atoms with E-state index in [-0.39, 0.29) is 18.6 Å². The van der Waals surface area contributed by atoms with E-state index in [9.17, 15) is 8.42 Å². The maximum Gasteiger partial charge on any atom is 0.231 e. The van der Waals surface area contributed by atoms with E-state index in [4.69, 9.17) is 14.5 Å². The lowest BCUT2D eigenvalue weighted by molar-refractivity contribution is 0.174. The number of H-pyrrole nitrogens is 1. The molecule has 37 heavy (non-hydrogen) atoms. The van der Waals surface area contributed by atoms with E-state index in [0.717, 1.165) is 50.7 Å². The average molecular weight is 588 g/mol. The molecule has 4 aromatic rings. The fraction of sp³-hybridized carbons (Fsp3) is 0.360. The van der Waals surface area contributed by atoms with Gasteiger partial charge in [-0.15, -0.1) is 0 Å². The van der Waals surface area contributed by atoms with Crippen LogP contribution < -0.4 is 14.8 Å². The Hall–Kier alpha value is -3.09. The standard InChI is InChI=1S/C25H27BrN6O4S/c1-4-37(33,34)31-8-7-16(12-31)28-22-19(26)11-27-25-23(22)29-24(30-25)18-9-14(2)32(15(18)3)17-5-6-20-21(10-17)36-13-35-20/h5-6,9-11,16H,4,7-8,12-13H2,1-3H3,(H2,27,28,29,30). The van der Waals surface area contributed by atoms with Crippen LogP contribution in [0.1, 0.15) is 24.7 Å². The summed E-state index contributed by atoms with van der Waals surface area (Å²) in [5.41, 5.74) is 6.20. The summed E-state index contributed by atoms with van der Waals surface area (Å²) in [5.74, 6) is 2.30. The van der Waals surface area contributed by atoms with Gasteiger partial charge < -0.3 is 24.3 Å². The maximum atomic E-state index is 12.3. The van der Waals surface area contributed by atoms with Crippen molar-refractivity contribution in [3.8, 4) is 28.6 Å². The highest BCUT2D eigenvalue weighted by atomic mass is 79.9. The Morgan fingerprint density at radius 2 is 2.03 bits per heavy atom. The third-order valence-electron chi connectivity index (χ3n) is 7.03. The molecule has 3 aromatic heterocycles. The second-order valence-electron chi connectivity index (χ2n) is 9.31. The molecule has 0 amide bonds. The summed E-state index contributed by atoms with van der Waals surface area (Å²) in [7, 11) is -3.21. The van der Waals surface area contributed by atoms with E-state index in [1.54, 1.807) is 17.4 Å². The number of ether oxygens (including phenoxy) is 2. The summed E-state index contributed by atoms with van der Waals surface area (Å²) in [4.78, 5) is 12.8. The van der Waals surface area contributed by atoms with Crippen molar-refractivity contribution >= 4 is 42.8 Å². The van der Waals surface area contributed by atoms with Gasteiger partial charge in [0.2, 0.25) is 16.8 Å². The third-order valence-corrected chi connectivity index (χ3v) is 9.47. The van der Waals surface area contributed by atoms with Gasteiger partial charge in [0, 0.05) is 54.0 Å². The number of benzene rings is 1. The molecule has 1 saturated heterocycles. The number of imidazole rings is 1. The van der Waals surface area contributed by atoms with Crippen molar-refractivity contribution in [2.45, 2.75) is 33.2 Å². The average Bonchev–Trinajstić information content (AvgIpc) is 3.66. The predicted molar refractivity (Wildman–Crippen MR) is 145 cm³/mol. The summed E-state index contributed by atoms with van der Waals surface area (Å²) in [6.45, 7) is 6.97. The minimum Gasteiger partial charge on any atom is -0.454 e. The maximum absolute atomic E-state index is 12.3. The van der Waals surface area contributed by atoms with Crippen LogP contribution in [-0.2, 0) is 10.0 Å². The number of fused-ring (bicyclic) bond motifs is 2. The van der Waals surface area contributed by atoms with Gasteiger partial charge in [-0.3, -0.25) is 0 Å². The SMILES string of the molecule is CCS(=O)(=O)N1CCC(Nc2c(Br)cnc3[nH]c(-c4cc(C)n(-c5ccc6c(c5)OCO6)c4C)nc23)C1. The molecule has 194 valence electrons. The fourth-order valence-electron chi connectivity index (χ4n) is 5.11. The first-order valence-corrected chi connectivity index (χ1v) is 14.5. The van der Waals surface area contributed by atoms with Crippen molar-refractivity contribution in [2.24, 2.45) is 0 Å². The number of hydrogen-bond donors (Lipinski definition) is 2. The minimum atomic E-state index is -3.21. The zero-order valence-electron chi connectivity index (χ0n) is 20.7. The zero-order valence-corrected chi connectivity index (χ0v) is 23.1. The number of aryl methyl sites for hydroxylation is 1. The van der Waals surface area contributed by atoms with Gasteiger partial charge in [-0.25, -0.2) is 18.4 Å². The number of halogens is 1. The van der Waals surface area contributed by atoms with E-state index >= 15 is 0 Å². The Labute approximate surface area is 223 Å². The number of rotatable bonds is 6. The second-order valence-corrected chi connectivity index (χ2v) is 12.4. The van der Waals surface area contributed by atoms with Crippen LogP contribution in [0.4, 0.5) is 5.69 Å². The van der Waals surface area contributed by atoms with Gasteiger partial charge in [0.25, 0.3) is 0 Å². The van der Waals surface area contributed by atoms with Crippen molar-refractivity contribution in [3.63, 3.8) is 0 Å². The highest BCUT2D eigenvalue weighted by molar-refractivity contribution is 9.10. The number of aromatic amines is 1. The van der Waals surface area contributed by atoms with Crippen molar-refractivity contribution in [1.29, 1.82) is 0 Å². The smallest absolute Gasteiger partial charge is 0.231 e. The molecular weight excluding hydrogens is 560 g/mol. The Bertz CT molecular complexity index is 1630. The molecule has 0 spiro atoms. The molecule has 0 radical (unpaired) electrons. The molecule has 2 aliphatic rings. The lowest BCUT2D eigenvalue weighted by atomic mass is 10.2. The highest BCUT2D eigenvalue weighted by Gasteiger charge is 2.31. The van der Waals surface area contributed by atoms with Crippen LogP contribution in [0.15, 0.2) is 34.9 Å². The molecule has 1 fully saturated rings. The molecule has 2 aliphatic heterocycles. The molecule has 1 unspecified atom stereocenters. The Balaban J connectivity index is 1.34. The summed E-state index contributed by atoms with van der Waals surface area (Å²) in [6.07, 6.45) is 2.46. The first kappa shape index (κ1) is 24.3. The highest BCUT2D eigenvalue weighted by Crippen LogP contribution is 2.37. The summed E-state index contributed by atoms with van der Waals surface area (Å²) < 4.78 is 40.1. The van der Waals surface area contributed by atoms with Crippen LogP contribution in [0.2, 0.25) is 0 Å². The van der Waals surface area contributed by atoms with E-state index in [2.05, 4.69) is 55.7 Å². The zero-order chi connectivity index (χ0) is 25.9. The van der Waals surface area contributed by atoms with E-state index in [1.165, 1.54) is 0 Å². The molecule has 10 nitrogen and oxygen atoms in total. The summed E-state index contributed by atoms with van der Waals surface area (Å²) >= 11 is 3.61. The molecule has 2 N–H and O–H groups in total. The monoisotopic (exact) mass is 586 g/mol. The van der Waals surface area contributed by atoms with Gasteiger partial charge in [-0.05, 0) is 61.3 Å². The first-order valence-electron chi connectivity index (χ1n) is 12.1. The lowest BCUT2D eigenvalue weighted by Crippen LogP contribution is -2.32. The number of aromatic nitrogens is 4. The van der Waals surface area contributed by atoms with Gasteiger partial charge in [0.05, 0.1) is 15.9 Å². The molecule has 0 aliphatic carbocycles. The lowest BCUT2D eigenvalue weighted by Gasteiger charge is -2.17. The topological polar surface area (TPSA) is 114 Å². The Morgan fingerprint density at radius 1 is 1.22 bits per heavy atom. The first-order chi connectivity index (χ1) is 17.7. The Kier molecular flexibility index (Phi) is 5.92. The Morgan fingerprint density at radius 3 is 2.84 bits per heavy atom. The normalized spacial score (nSPS) is 17.7. The van der Waals surface area contributed by atoms with E-state index in [1.807, 2.05) is 18.2 Å². The van der Waals surface area contributed by atoms with Gasteiger partial charge >= 0.3 is 0 Å². The van der Waals surface area contributed by atoms with Crippen LogP contribution in [-0.4, -0.2) is 63.9 Å². The summed E-state index contributed by atoms with van der Waals surface area (Å²) in [6, 6.07) is 8.01. The number of sulfonamides is 1. The van der Waals surface area contributed by atoms with Crippen LogP contribution in [0.3, 0.4) is 0 Å².